The summed E-state index contributed by atoms with van der Waals surface area (Å²) in [4.78, 5) is 29.2. The molecule has 0 radical (unpaired) electrons. The van der Waals surface area contributed by atoms with Gasteiger partial charge in [0.1, 0.15) is 23.1 Å². The summed E-state index contributed by atoms with van der Waals surface area (Å²) in [5, 5.41) is 27.2. The van der Waals surface area contributed by atoms with Crippen LogP contribution in [0.25, 0.3) is 17.1 Å². The molecule has 2 heterocycles. The van der Waals surface area contributed by atoms with Gasteiger partial charge in [-0.3, -0.25) is 4.90 Å². The largest absolute Gasteiger partial charge is 0.508 e. The lowest BCUT2D eigenvalue weighted by Gasteiger charge is -2.46. The van der Waals surface area contributed by atoms with Gasteiger partial charge in [0, 0.05) is 43.3 Å². The number of halogens is 1. The van der Waals surface area contributed by atoms with Gasteiger partial charge < -0.3 is 19.8 Å². The van der Waals surface area contributed by atoms with Crippen LogP contribution in [0.3, 0.4) is 0 Å². The van der Waals surface area contributed by atoms with Gasteiger partial charge in [-0.1, -0.05) is 38.1 Å². The van der Waals surface area contributed by atoms with E-state index >= 15 is 4.39 Å². The number of hydrogen-bond donors (Lipinski definition) is 3. The maximum Gasteiger partial charge on any atom is 0.415 e. The Hall–Kier alpha value is -4.64. The summed E-state index contributed by atoms with van der Waals surface area (Å²) in [5.41, 5.74) is 0.400. The zero-order valence-electron chi connectivity index (χ0n) is 24.0. The SMILES string of the molecule is CC(C)c1cc(-c2n[nH]c(=O)n2-c2ccc(CN3CCN(C(=O)Oc4ccccc4)CC3(C)C)c(F)c2)c(O)cc1O. The van der Waals surface area contributed by atoms with Crippen LogP contribution in [0.4, 0.5) is 9.18 Å². The number of para-hydroxylation sites is 1. The molecule has 0 spiro atoms. The van der Waals surface area contributed by atoms with Gasteiger partial charge in [0.05, 0.1) is 11.3 Å². The van der Waals surface area contributed by atoms with Crippen molar-refractivity contribution in [1.82, 2.24) is 24.6 Å². The molecule has 0 atom stereocenters. The summed E-state index contributed by atoms with van der Waals surface area (Å²) in [6.45, 7) is 9.41. The highest BCUT2D eigenvalue weighted by Crippen LogP contribution is 2.37. The Morgan fingerprint density at radius 2 is 1.81 bits per heavy atom. The number of nitrogens with one attached hydrogen (secondary N) is 1. The number of aromatic nitrogens is 3. The fraction of sp³-hybridized carbons (Fsp3) is 0.323. The van der Waals surface area contributed by atoms with Gasteiger partial charge in [-0.15, -0.1) is 0 Å². The Morgan fingerprint density at radius 3 is 2.48 bits per heavy atom. The van der Waals surface area contributed by atoms with E-state index in [1.54, 1.807) is 47.4 Å². The standard InChI is InChI=1S/C31H34FN5O5/c1-19(2)23-15-24(27(39)16-26(23)38)28-33-34-29(40)37(28)21-11-10-20(25(32)14-21)17-36-13-12-35(18-31(36,3)4)30(41)42-22-8-6-5-7-9-22/h5-11,14-16,19,38-39H,12-13,17-18H2,1-4H3,(H,34,40). The monoisotopic (exact) mass is 575 g/mol. The van der Waals surface area contributed by atoms with E-state index in [2.05, 4.69) is 15.1 Å². The number of amides is 1. The molecule has 1 aromatic heterocycles. The van der Waals surface area contributed by atoms with Gasteiger partial charge in [0.15, 0.2) is 5.82 Å². The molecule has 4 aromatic rings. The molecule has 220 valence electrons. The minimum Gasteiger partial charge on any atom is -0.508 e. The molecular weight excluding hydrogens is 541 g/mol. The fourth-order valence-electron chi connectivity index (χ4n) is 5.25. The number of carbonyl (C=O) groups is 1. The molecule has 1 fully saturated rings. The average molecular weight is 576 g/mol. The quantitative estimate of drug-likeness (QED) is 0.296. The van der Waals surface area contributed by atoms with Crippen LogP contribution in [0, 0.1) is 5.82 Å². The molecule has 42 heavy (non-hydrogen) atoms. The molecule has 5 rings (SSSR count). The van der Waals surface area contributed by atoms with Crippen LogP contribution in [0.1, 0.15) is 44.7 Å². The molecule has 1 amide bonds. The fourth-order valence-corrected chi connectivity index (χ4v) is 5.25. The Kier molecular flexibility index (Phi) is 7.79. The molecule has 0 unspecified atom stereocenters. The van der Waals surface area contributed by atoms with Crippen molar-refractivity contribution in [3.05, 3.63) is 88.1 Å². The lowest BCUT2D eigenvalue weighted by molar-refractivity contribution is 0.0194. The van der Waals surface area contributed by atoms with Crippen LogP contribution >= 0.6 is 0 Å². The lowest BCUT2D eigenvalue weighted by Crippen LogP contribution is -2.60. The molecule has 0 aliphatic carbocycles. The summed E-state index contributed by atoms with van der Waals surface area (Å²) < 4.78 is 22.2. The van der Waals surface area contributed by atoms with Crippen molar-refractivity contribution in [2.45, 2.75) is 45.7 Å². The predicted molar refractivity (Wildman–Crippen MR) is 156 cm³/mol. The van der Waals surface area contributed by atoms with E-state index < -0.39 is 23.1 Å². The third kappa shape index (κ3) is 5.73. The first kappa shape index (κ1) is 28.9. The second kappa shape index (κ2) is 11.3. The third-order valence-corrected chi connectivity index (χ3v) is 7.62. The Morgan fingerprint density at radius 1 is 1.07 bits per heavy atom. The van der Waals surface area contributed by atoms with E-state index in [0.717, 1.165) is 0 Å². The lowest BCUT2D eigenvalue weighted by atomic mass is 9.97. The number of rotatable bonds is 6. The van der Waals surface area contributed by atoms with Gasteiger partial charge in [0.25, 0.3) is 0 Å². The van der Waals surface area contributed by atoms with E-state index in [9.17, 15) is 19.8 Å². The summed E-state index contributed by atoms with van der Waals surface area (Å²) in [6.07, 6.45) is -0.425. The number of carbonyl (C=O) groups excluding carboxylic acids is 1. The topological polar surface area (TPSA) is 124 Å². The molecule has 3 N–H and O–H groups in total. The number of phenolic OH excluding ortho intramolecular Hbond substituents is 2. The average Bonchev–Trinajstić information content (AvgIpc) is 3.31. The van der Waals surface area contributed by atoms with Crippen LogP contribution in [0.5, 0.6) is 17.2 Å². The third-order valence-electron chi connectivity index (χ3n) is 7.62. The minimum absolute atomic E-state index is 0.0548. The number of phenols is 2. The van der Waals surface area contributed by atoms with E-state index in [1.165, 1.54) is 16.7 Å². The molecule has 0 saturated carbocycles. The smallest absolute Gasteiger partial charge is 0.415 e. The van der Waals surface area contributed by atoms with Crippen molar-refractivity contribution in [1.29, 1.82) is 0 Å². The maximum atomic E-state index is 15.5. The molecule has 1 saturated heterocycles. The van der Waals surface area contributed by atoms with Crippen LogP contribution in [0.15, 0.2) is 65.5 Å². The first-order valence-corrected chi connectivity index (χ1v) is 13.7. The van der Waals surface area contributed by atoms with Crippen molar-refractivity contribution >= 4 is 6.09 Å². The van der Waals surface area contributed by atoms with Gasteiger partial charge in [0.2, 0.25) is 0 Å². The van der Waals surface area contributed by atoms with Crippen molar-refractivity contribution in [2.75, 3.05) is 19.6 Å². The van der Waals surface area contributed by atoms with Crippen molar-refractivity contribution < 1.29 is 24.1 Å². The predicted octanol–water partition coefficient (Wildman–Crippen LogP) is 5.00. The highest BCUT2D eigenvalue weighted by Gasteiger charge is 2.36. The molecule has 1 aliphatic rings. The maximum absolute atomic E-state index is 15.5. The number of ether oxygens (including phenoxy) is 1. The molecule has 1 aliphatic heterocycles. The number of H-pyrrole nitrogens is 1. The Balaban J connectivity index is 1.35. The number of benzene rings is 3. The number of aromatic hydroxyl groups is 2. The van der Waals surface area contributed by atoms with Crippen molar-refractivity contribution in [3.63, 3.8) is 0 Å². The van der Waals surface area contributed by atoms with Crippen molar-refractivity contribution in [3.8, 4) is 34.3 Å². The first-order valence-electron chi connectivity index (χ1n) is 13.7. The summed E-state index contributed by atoms with van der Waals surface area (Å²) >= 11 is 0. The van der Waals surface area contributed by atoms with Gasteiger partial charge in [-0.2, -0.15) is 5.10 Å². The van der Waals surface area contributed by atoms with Gasteiger partial charge >= 0.3 is 11.8 Å². The summed E-state index contributed by atoms with van der Waals surface area (Å²) in [7, 11) is 0. The molecular formula is C31H34FN5O5. The Labute approximate surface area is 242 Å². The molecule has 10 nitrogen and oxygen atoms in total. The highest BCUT2D eigenvalue weighted by atomic mass is 19.1. The second-order valence-corrected chi connectivity index (χ2v) is 11.4. The summed E-state index contributed by atoms with van der Waals surface area (Å²) in [6, 6.07) is 16.2. The van der Waals surface area contributed by atoms with E-state index in [-0.39, 0.29) is 34.5 Å². The second-order valence-electron chi connectivity index (χ2n) is 11.4. The number of hydrogen-bond acceptors (Lipinski definition) is 7. The van der Waals surface area contributed by atoms with Crippen molar-refractivity contribution in [2.24, 2.45) is 0 Å². The number of aromatic amines is 1. The zero-order valence-corrected chi connectivity index (χ0v) is 24.0. The van der Waals surface area contributed by atoms with E-state index in [4.69, 9.17) is 4.74 Å². The van der Waals surface area contributed by atoms with Crippen LogP contribution in [-0.2, 0) is 6.54 Å². The van der Waals surface area contributed by atoms with Crippen LogP contribution in [0.2, 0.25) is 0 Å². The molecule has 11 heteroatoms. The van der Waals surface area contributed by atoms with Gasteiger partial charge in [-0.05, 0) is 55.7 Å². The highest BCUT2D eigenvalue weighted by molar-refractivity contribution is 5.71. The van der Waals surface area contributed by atoms with Gasteiger partial charge in [-0.25, -0.2) is 23.6 Å². The number of piperazine rings is 1. The Bertz CT molecular complexity index is 1660. The zero-order chi connectivity index (χ0) is 30.2. The molecule has 3 aromatic carbocycles. The van der Waals surface area contributed by atoms with Crippen LogP contribution in [-0.4, -0.2) is 66.0 Å². The van der Waals surface area contributed by atoms with Crippen LogP contribution < -0.4 is 10.4 Å². The summed E-state index contributed by atoms with van der Waals surface area (Å²) in [5.74, 6) is -0.324. The van der Waals surface area contributed by atoms with E-state index in [1.807, 2.05) is 33.8 Å². The number of nitrogens with zero attached hydrogens (tertiary/aromatic N) is 4. The normalized spacial score (nSPS) is 15.2. The van der Waals surface area contributed by atoms with E-state index in [0.29, 0.717) is 43.1 Å². The first-order chi connectivity index (χ1) is 19.9. The minimum atomic E-state index is -0.602. The molecule has 0 bridgehead atoms.